The van der Waals surface area contributed by atoms with Crippen LogP contribution in [-0.4, -0.2) is 47.2 Å². The molecule has 0 atom stereocenters. The Labute approximate surface area is 242 Å². The van der Waals surface area contributed by atoms with Gasteiger partial charge in [-0.25, -0.2) is 9.97 Å². The number of anilines is 3. The van der Waals surface area contributed by atoms with Gasteiger partial charge in [-0.1, -0.05) is 47.2 Å². The van der Waals surface area contributed by atoms with E-state index in [9.17, 15) is 4.79 Å². The summed E-state index contributed by atoms with van der Waals surface area (Å²) in [6.07, 6.45) is 3.56. The summed E-state index contributed by atoms with van der Waals surface area (Å²) >= 11 is 7.86. The predicted molar refractivity (Wildman–Crippen MR) is 158 cm³/mol. The normalized spacial score (nSPS) is 13.6. The maximum Gasteiger partial charge on any atom is 0.270 e. The number of thiazole rings is 1. The van der Waals surface area contributed by atoms with Gasteiger partial charge in [0.1, 0.15) is 28.4 Å². The number of ether oxygens (including phenoxy) is 2. The Kier molecular flexibility index (Phi) is 8.78. The first kappa shape index (κ1) is 27.8. The molecule has 0 radical (unpaired) electrons. The number of amides is 1. The second-order valence-electron chi connectivity index (χ2n) is 9.51. The zero-order valence-electron chi connectivity index (χ0n) is 22.6. The Bertz CT molecular complexity index is 1450. The second-order valence-corrected chi connectivity index (χ2v) is 10.9. The molecule has 1 aliphatic heterocycles. The number of nitrogens with one attached hydrogen (secondary N) is 2. The van der Waals surface area contributed by atoms with Gasteiger partial charge in [0.15, 0.2) is 5.13 Å². The highest BCUT2D eigenvalue weighted by atomic mass is 35.5. The number of para-hydroxylation sites is 1. The maximum absolute atomic E-state index is 13.9. The average Bonchev–Trinajstić information content (AvgIpc) is 3.41. The molecule has 5 rings (SSSR count). The van der Waals surface area contributed by atoms with Crippen molar-refractivity contribution in [3.63, 3.8) is 0 Å². The zero-order chi connectivity index (χ0) is 28.1. The van der Waals surface area contributed by atoms with E-state index in [0.717, 1.165) is 42.8 Å². The molecule has 4 aromatic rings. The Morgan fingerprint density at radius 1 is 1.15 bits per heavy atom. The topological polar surface area (TPSA) is 102 Å². The van der Waals surface area contributed by atoms with Gasteiger partial charge in [-0.15, -0.1) is 0 Å². The van der Waals surface area contributed by atoms with Crippen molar-refractivity contribution in [2.75, 3.05) is 30.4 Å². The van der Waals surface area contributed by atoms with Crippen LogP contribution in [0.15, 0.2) is 54.7 Å². The standard InChI is InChI=1S/C29H31ClN6O3S/c1-18-5-4-6-23(30)27(18)36(17-20-7-9-21(38-3)10-8-20)28(37)24-16-32-29(40-24)35-25-15-26(34-19(2)33-25)39-22-11-13-31-14-12-22/h4-10,15-16,22,31H,11-14,17H2,1-3H3,(H,32,33,34,35). The van der Waals surface area contributed by atoms with Crippen LogP contribution in [0, 0.1) is 13.8 Å². The van der Waals surface area contributed by atoms with Gasteiger partial charge >= 0.3 is 0 Å². The number of carbonyl (C=O) groups excluding carboxylic acids is 1. The van der Waals surface area contributed by atoms with E-state index in [-0.39, 0.29) is 12.0 Å². The van der Waals surface area contributed by atoms with Gasteiger partial charge in [0.25, 0.3) is 5.91 Å². The van der Waals surface area contributed by atoms with Gasteiger partial charge in [0.05, 0.1) is 30.6 Å². The molecule has 208 valence electrons. The van der Waals surface area contributed by atoms with Gasteiger partial charge in [0.2, 0.25) is 5.88 Å². The van der Waals surface area contributed by atoms with E-state index in [1.165, 1.54) is 11.3 Å². The highest BCUT2D eigenvalue weighted by molar-refractivity contribution is 7.17. The third kappa shape index (κ3) is 6.70. The van der Waals surface area contributed by atoms with Gasteiger partial charge in [-0.3, -0.25) is 4.79 Å². The van der Waals surface area contributed by atoms with Gasteiger partial charge in [-0.2, -0.15) is 4.98 Å². The van der Waals surface area contributed by atoms with Crippen molar-refractivity contribution in [1.82, 2.24) is 20.3 Å². The number of aryl methyl sites for hydroxylation is 2. The van der Waals surface area contributed by atoms with Crippen LogP contribution < -0.4 is 25.0 Å². The van der Waals surface area contributed by atoms with Gasteiger partial charge in [0, 0.05) is 6.07 Å². The fraction of sp³-hybridized carbons (Fsp3) is 0.310. The number of hydrogen-bond acceptors (Lipinski definition) is 9. The molecule has 0 spiro atoms. The van der Waals surface area contributed by atoms with Crippen LogP contribution >= 0.6 is 22.9 Å². The zero-order valence-corrected chi connectivity index (χ0v) is 24.2. The maximum atomic E-state index is 13.9. The van der Waals surface area contributed by atoms with Crippen LogP contribution in [0.2, 0.25) is 5.02 Å². The highest BCUT2D eigenvalue weighted by Crippen LogP contribution is 2.34. The number of methoxy groups -OCH3 is 1. The average molecular weight is 579 g/mol. The molecule has 2 aromatic carbocycles. The van der Waals surface area contributed by atoms with Crippen molar-refractivity contribution in [2.45, 2.75) is 39.3 Å². The molecule has 1 fully saturated rings. The first-order valence-corrected chi connectivity index (χ1v) is 14.2. The number of nitrogens with zero attached hydrogens (tertiary/aromatic N) is 4. The first-order chi connectivity index (χ1) is 19.4. The van der Waals surface area contributed by atoms with E-state index in [2.05, 4.69) is 25.6 Å². The van der Waals surface area contributed by atoms with E-state index in [1.807, 2.05) is 50.2 Å². The van der Waals surface area contributed by atoms with E-state index < -0.39 is 0 Å². The number of piperidine rings is 1. The minimum atomic E-state index is -0.202. The minimum absolute atomic E-state index is 0.123. The quantitative estimate of drug-likeness (QED) is 0.252. The largest absolute Gasteiger partial charge is 0.497 e. The van der Waals surface area contributed by atoms with E-state index in [4.69, 9.17) is 21.1 Å². The Morgan fingerprint density at radius 3 is 2.65 bits per heavy atom. The third-order valence-electron chi connectivity index (χ3n) is 6.54. The molecule has 11 heteroatoms. The molecular formula is C29H31ClN6O3S. The lowest BCUT2D eigenvalue weighted by atomic mass is 10.1. The van der Waals surface area contributed by atoms with Crippen molar-refractivity contribution in [1.29, 1.82) is 0 Å². The molecule has 1 amide bonds. The molecule has 2 aromatic heterocycles. The molecule has 3 heterocycles. The second kappa shape index (κ2) is 12.6. The molecule has 1 saturated heterocycles. The number of carbonyl (C=O) groups is 1. The Balaban J connectivity index is 1.37. The van der Waals surface area contributed by atoms with E-state index in [0.29, 0.717) is 44.8 Å². The molecule has 0 unspecified atom stereocenters. The van der Waals surface area contributed by atoms with Crippen LogP contribution in [0.4, 0.5) is 16.6 Å². The molecule has 1 aliphatic rings. The molecule has 2 N–H and O–H groups in total. The van der Waals surface area contributed by atoms with Crippen LogP contribution in [0.25, 0.3) is 0 Å². The van der Waals surface area contributed by atoms with Crippen molar-refractivity contribution in [2.24, 2.45) is 0 Å². The van der Waals surface area contributed by atoms with Crippen molar-refractivity contribution >= 4 is 45.5 Å². The van der Waals surface area contributed by atoms with E-state index >= 15 is 0 Å². The summed E-state index contributed by atoms with van der Waals surface area (Å²) in [6, 6.07) is 15.0. The van der Waals surface area contributed by atoms with Gasteiger partial charge < -0.3 is 25.0 Å². The number of hydrogen-bond donors (Lipinski definition) is 2. The summed E-state index contributed by atoms with van der Waals surface area (Å²) in [6.45, 7) is 5.95. The lowest BCUT2D eigenvalue weighted by molar-refractivity contribution is 0.0988. The summed E-state index contributed by atoms with van der Waals surface area (Å²) in [5.41, 5.74) is 2.50. The monoisotopic (exact) mass is 578 g/mol. The highest BCUT2D eigenvalue weighted by Gasteiger charge is 2.24. The molecular weight excluding hydrogens is 548 g/mol. The summed E-state index contributed by atoms with van der Waals surface area (Å²) < 4.78 is 11.4. The molecule has 0 bridgehead atoms. The Morgan fingerprint density at radius 2 is 1.93 bits per heavy atom. The van der Waals surface area contributed by atoms with Crippen molar-refractivity contribution in [3.05, 3.63) is 81.6 Å². The molecule has 40 heavy (non-hydrogen) atoms. The fourth-order valence-electron chi connectivity index (χ4n) is 4.55. The van der Waals surface area contributed by atoms with Crippen LogP contribution in [0.3, 0.4) is 0 Å². The molecule has 0 aliphatic carbocycles. The lowest BCUT2D eigenvalue weighted by Crippen LogP contribution is -2.34. The molecule has 9 nitrogen and oxygen atoms in total. The summed E-state index contributed by atoms with van der Waals surface area (Å²) in [5, 5.41) is 7.59. The van der Waals surface area contributed by atoms with Crippen LogP contribution in [-0.2, 0) is 6.54 Å². The van der Waals surface area contributed by atoms with Crippen LogP contribution in [0.1, 0.15) is 39.5 Å². The molecule has 0 saturated carbocycles. The fourth-order valence-corrected chi connectivity index (χ4v) is 5.65. The summed E-state index contributed by atoms with van der Waals surface area (Å²) in [5.74, 6) is 2.21. The van der Waals surface area contributed by atoms with Crippen molar-refractivity contribution < 1.29 is 14.3 Å². The minimum Gasteiger partial charge on any atom is -0.497 e. The number of rotatable bonds is 9. The number of benzene rings is 2. The SMILES string of the molecule is COc1ccc(CN(C(=O)c2cnc(Nc3cc(OC4CCNCC4)nc(C)n3)s2)c2c(C)cccc2Cl)cc1. The summed E-state index contributed by atoms with van der Waals surface area (Å²) in [7, 11) is 1.62. The summed E-state index contributed by atoms with van der Waals surface area (Å²) in [4.78, 5) is 29.4. The lowest BCUT2D eigenvalue weighted by Gasteiger charge is -2.25. The van der Waals surface area contributed by atoms with Gasteiger partial charge in [-0.05, 0) is 69.1 Å². The van der Waals surface area contributed by atoms with E-state index in [1.54, 1.807) is 30.3 Å². The smallest absolute Gasteiger partial charge is 0.270 e. The third-order valence-corrected chi connectivity index (χ3v) is 7.75. The van der Waals surface area contributed by atoms with Crippen molar-refractivity contribution in [3.8, 4) is 11.6 Å². The van der Waals surface area contributed by atoms with Crippen LogP contribution in [0.5, 0.6) is 11.6 Å². The first-order valence-electron chi connectivity index (χ1n) is 13.1. The Hall–Kier alpha value is -3.73. The number of aromatic nitrogens is 3. The number of halogens is 1. The predicted octanol–water partition coefficient (Wildman–Crippen LogP) is 5.93.